The molecule has 0 aliphatic heterocycles. The van der Waals surface area contributed by atoms with Gasteiger partial charge in [0.15, 0.2) is 0 Å². The minimum atomic E-state index is 0.812. The largest absolute Gasteiger partial charge is 0.342 e. The van der Waals surface area contributed by atoms with E-state index in [1.807, 2.05) is 26.1 Å². The summed E-state index contributed by atoms with van der Waals surface area (Å²) in [6.45, 7) is 9.42. The molecule has 0 aliphatic carbocycles. The predicted molar refractivity (Wildman–Crippen MR) is 82.7 cm³/mol. The van der Waals surface area contributed by atoms with Gasteiger partial charge in [-0.25, -0.2) is 4.98 Å². The van der Waals surface area contributed by atoms with Gasteiger partial charge >= 0.3 is 0 Å². The van der Waals surface area contributed by atoms with E-state index in [1.54, 1.807) is 6.08 Å². The number of aromatic amines is 1. The van der Waals surface area contributed by atoms with Crippen LogP contribution in [0.3, 0.4) is 0 Å². The standard InChI is InChI=1S/C15H18N4/c1-5-11-12(17-4)7-8-13-15(11)19-14(18-13)9-6-10(2)16-3/h5,7-8H,1,4,6,9H2,2-3H3,(H,18,19). The molecular weight excluding hydrogens is 236 g/mol. The van der Waals surface area contributed by atoms with Crippen molar-refractivity contribution in [1.29, 1.82) is 0 Å². The van der Waals surface area contributed by atoms with E-state index in [4.69, 9.17) is 0 Å². The van der Waals surface area contributed by atoms with Crippen molar-refractivity contribution in [3.63, 3.8) is 0 Å². The van der Waals surface area contributed by atoms with E-state index in [2.05, 4.69) is 33.2 Å². The Morgan fingerprint density at radius 3 is 2.89 bits per heavy atom. The van der Waals surface area contributed by atoms with Crippen molar-refractivity contribution in [3.8, 4) is 0 Å². The van der Waals surface area contributed by atoms with Crippen LogP contribution in [0, 0.1) is 0 Å². The fraction of sp³-hybridized carbons (Fsp3) is 0.267. The number of fused-ring (bicyclic) bond motifs is 1. The lowest BCUT2D eigenvalue weighted by molar-refractivity contribution is 0.936. The van der Waals surface area contributed by atoms with Gasteiger partial charge in [0, 0.05) is 24.7 Å². The molecule has 0 unspecified atom stereocenters. The van der Waals surface area contributed by atoms with Gasteiger partial charge in [0.05, 0.1) is 16.7 Å². The Hall–Kier alpha value is -2.23. The van der Waals surface area contributed by atoms with Crippen LogP contribution in [0.25, 0.3) is 17.1 Å². The summed E-state index contributed by atoms with van der Waals surface area (Å²) >= 11 is 0. The number of rotatable bonds is 5. The number of nitrogens with one attached hydrogen (secondary N) is 1. The molecule has 1 aromatic carbocycles. The fourth-order valence-electron chi connectivity index (χ4n) is 2.01. The van der Waals surface area contributed by atoms with E-state index in [-0.39, 0.29) is 0 Å². The number of aliphatic imine (C=N–C) groups is 2. The quantitative estimate of drug-likeness (QED) is 0.815. The van der Waals surface area contributed by atoms with Crippen LogP contribution in [0.2, 0.25) is 0 Å². The van der Waals surface area contributed by atoms with E-state index in [1.165, 1.54) is 0 Å². The number of benzene rings is 1. The van der Waals surface area contributed by atoms with Crippen LogP contribution in [0.5, 0.6) is 0 Å². The summed E-state index contributed by atoms with van der Waals surface area (Å²) in [4.78, 5) is 16.1. The van der Waals surface area contributed by atoms with Gasteiger partial charge in [0.25, 0.3) is 0 Å². The highest BCUT2D eigenvalue weighted by Crippen LogP contribution is 2.27. The Labute approximate surface area is 113 Å². The first-order valence-electron chi connectivity index (χ1n) is 6.22. The molecule has 0 bridgehead atoms. The molecule has 0 radical (unpaired) electrons. The zero-order chi connectivity index (χ0) is 13.8. The molecule has 2 rings (SSSR count). The van der Waals surface area contributed by atoms with Crippen molar-refractivity contribution in [2.45, 2.75) is 19.8 Å². The maximum absolute atomic E-state index is 4.63. The molecule has 0 saturated carbocycles. The minimum Gasteiger partial charge on any atom is -0.342 e. The summed E-state index contributed by atoms with van der Waals surface area (Å²) in [7, 11) is 1.81. The fourth-order valence-corrected chi connectivity index (χ4v) is 2.01. The molecule has 4 nitrogen and oxygen atoms in total. The molecule has 0 spiro atoms. The zero-order valence-corrected chi connectivity index (χ0v) is 11.4. The average Bonchev–Trinajstić information content (AvgIpc) is 2.86. The summed E-state index contributed by atoms with van der Waals surface area (Å²) in [5, 5.41) is 0. The molecular formula is C15H18N4. The first-order chi connectivity index (χ1) is 9.19. The molecule has 0 atom stereocenters. The molecule has 19 heavy (non-hydrogen) atoms. The Bertz CT molecular complexity index is 649. The van der Waals surface area contributed by atoms with Crippen LogP contribution in [-0.4, -0.2) is 29.4 Å². The first-order valence-corrected chi connectivity index (χ1v) is 6.22. The van der Waals surface area contributed by atoms with Crippen molar-refractivity contribution < 1.29 is 0 Å². The van der Waals surface area contributed by atoms with Crippen molar-refractivity contribution in [2.24, 2.45) is 9.98 Å². The zero-order valence-electron chi connectivity index (χ0n) is 11.4. The van der Waals surface area contributed by atoms with E-state index in [9.17, 15) is 0 Å². The monoisotopic (exact) mass is 254 g/mol. The highest BCUT2D eigenvalue weighted by atomic mass is 14.9. The number of imidazole rings is 1. The van der Waals surface area contributed by atoms with Gasteiger partial charge in [-0.1, -0.05) is 12.7 Å². The molecule has 0 amide bonds. The van der Waals surface area contributed by atoms with Crippen LogP contribution in [0.1, 0.15) is 24.7 Å². The van der Waals surface area contributed by atoms with Gasteiger partial charge in [-0.05, 0) is 32.2 Å². The van der Waals surface area contributed by atoms with Crippen molar-refractivity contribution in [2.75, 3.05) is 7.05 Å². The lowest BCUT2D eigenvalue weighted by Crippen LogP contribution is -1.96. The van der Waals surface area contributed by atoms with Gasteiger partial charge in [-0.15, -0.1) is 0 Å². The highest BCUT2D eigenvalue weighted by molar-refractivity contribution is 5.90. The maximum Gasteiger partial charge on any atom is 0.107 e. The van der Waals surface area contributed by atoms with Gasteiger partial charge in [0.2, 0.25) is 0 Å². The molecule has 2 aromatic rings. The second-order valence-corrected chi connectivity index (χ2v) is 4.40. The Morgan fingerprint density at radius 2 is 2.26 bits per heavy atom. The second-order valence-electron chi connectivity index (χ2n) is 4.40. The van der Waals surface area contributed by atoms with E-state index >= 15 is 0 Å². The van der Waals surface area contributed by atoms with Crippen molar-refractivity contribution in [3.05, 3.63) is 30.1 Å². The number of aryl methyl sites for hydroxylation is 1. The Balaban J connectivity index is 2.40. The predicted octanol–water partition coefficient (Wildman–Crippen LogP) is 3.56. The van der Waals surface area contributed by atoms with Gasteiger partial charge in [-0.2, -0.15) is 0 Å². The first kappa shape index (κ1) is 13.2. The third-order valence-electron chi connectivity index (χ3n) is 3.20. The molecule has 1 aromatic heterocycles. The van der Waals surface area contributed by atoms with E-state index in [0.717, 1.165) is 46.7 Å². The van der Waals surface area contributed by atoms with Gasteiger partial charge < -0.3 is 4.98 Å². The summed E-state index contributed by atoms with van der Waals surface area (Å²) in [6.07, 6.45) is 3.54. The smallest absolute Gasteiger partial charge is 0.107 e. The molecule has 1 heterocycles. The Morgan fingerprint density at radius 1 is 1.47 bits per heavy atom. The third kappa shape index (κ3) is 2.62. The summed E-state index contributed by atoms with van der Waals surface area (Å²) in [5.41, 5.74) is 4.77. The van der Waals surface area contributed by atoms with E-state index < -0.39 is 0 Å². The molecule has 0 fully saturated rings. The molecule has 98 valence electrons. The average molecular weight is 254 g/mol. The SMILES string of the molecule is C=Cc1c(N=C)ccc2[nH]c(CCC(C)=NC)nc12. The van der Waals surface area contributed by atoms with Crippen LogP contribution >= 0.6 is 0 Å². The van der Waals surface area contributed by atoms with E-state index in [0.29, 0.717) is 0 Å². The highest BCUT2D eigenvalue weighted by Gasteiger charge is 2.09. The van der Waals surface area contributed by atoms with Crippen LogP contribution in [0.15, 0.2) is 28.7 Å². The van der Waals surface area contributed by atoms with Crippen LogP contribution in [0.4, 0.5) is 5.69 Å². The lowest BCUT2D eigenvalue weighted by Gasteiger charge is -1.99. The molecule has 0 aliphatic rings. The minimum absolute atomic E-state index is 0.812. The number of hydrogen-bond acceptors (Lipinski definition) is 3. The van der Waals surface area contributed by atoms with Crippen molar-refractivity contribution in [1.82, 2.24) is 9.97 Å². The summed E-state index contributed by atoms with van der Waals surface area (Å²) < 4.78 is 0. The number of hydrogen-bond donors (Lipinski definition) is 1. The third-order valence-corrected chi connectivity index (χ3v) is 3.20. The van der Waals surface area contributed by atoms with Gasteiger partial charge in [0.1, 0.15) is 5.82 Å². The lowest BCUT2D eigenvalue weighted by atomic mass is 10.1. The second kappa shape index (κ2) is 5.61. The summed E-state index contributed by atoms with van der Waals surface area (Å²) in [6, 6.07) is 3.90. The van der Waals surface area contributed by atoms with Gasteiger partial charge in [-0.3, -0.25) is 9.98 Å². The Kier molecular flexibility index (Phi) is 3.90. The maximum atomic E-state index is 4.63. The molecule has 4 heteroatoms. The molecule has 1 N–H and O–H groups in total. The number of aromatic nitrogens is 2. The normalized spacial score (nSPS) is 11.8. The van der Waals surface area contributed by atoms with Crippen LogP contribution < -0.4 is 0 Å². The number of nitrogens with zero attached hydrogens (tertiary/aromatic N) is 3. The topological polar surface area (TPSA) is 53.4 Å². The summed E-state index contributed by atoms with van der Waals surface area (Å²) in [5.74, 6) is 0.960. The number of H-pyrrole nitrogens is 1. The molecule has 0 saturated heterocycles. The van der Waals surface area contributed by atoms with Crippen LogP contribution in [-0.2, 0) is 6.42 Å². The van der Waals surface area contributed by atoms with Crippen molar-refractivity contribution >= 4 is 35.2 Å².